The lowest BCUT2D eigenvalue weighted by Crippen LogP contribution is -2.32. The highest BCUT2D eigenvalue weighted by Crippen LogP contribution is 2.63. The minimum absolute atomic E-state index is 0.185. The molecule has 4 heterocycles. The quantitative estimate of drug-likeness (QED) is 0.368. The maximum Gasteiger partial charge on any atom is 0.202 e. The summed E-state index contributed by atoms with van der Waals surface area (Å²) in [5, 5.41) is 13.3. The highest BCUT2D eigenvalue weighted by molar-refractivity contribution is 6.38. The number of nitrogens with zero attached hydrogens (tertiary/aromatic N) is 6. The van der Waals surface area contributed by atoms with Crippen LogP contribution in [0.15, 0.2) is 42.7 Å². The Morgan fingerprint density at radius 2 is 2.00 bits per heavy atom. The zero-order valence-corrected chi connectivity index (χ0v) is 20.7. The van der Waals surface area contributed by atoms with Gasteiger partial charge in [0.25, 0.3) is 0 Å². The number of aromatic amines is 1. The number of fused-ring (bicyclic) bond motifs is 3. The van der Waals surface area contributed by atoms with Crippen molar-refractivity contribution in [3.05, 3.63) is 64.9 Å². The zero-order chi connectivity index (χ0) is 25.5. The van der Waals surface area contributed by atoms with E-state index in [1.54, 1.807) is 10.9 Å². The molecule has 2 aromatic carbocycles. The normalized spacial score (nSPS) is 23.1. The van der Waals surface area contributed by atoms with E-state index in [4.69, 9.17) is 27.3 Å². The summed E-state index contributed by atoms with van der Waals surface area (Å²) in [4.78, 5) is 11.6. The summed E-state index contributed by atoms with van der Waals surface area (Å²) < 4.78 is 29.7. The number of anilines is 1. The number of piperidine rings is 1. The number of halogens is 3. The van der Waals surface area contributed by atoms with Crippen LogP contribution < -0.4 is 10.6 Å². The molecule has 188 valence electrons. The zero-order valence-electron chi connectivity index (χ0n) is 19.9. The van der Waals surface area contributed by atoms with Crippen LogP contribution in [0.4, 0.5) is 14.6 Å². The van der Waals surface area contributed by atoms with Gasteiger partial charge in [0.05, 0.1) is 22.4 Å². The number of nitrogens with one attached hydrogen (secondary N) is 1. The van der Waals surface area contributed by atoms with E-state index in [2.05, 4.69) is 20.2 Å². The second kappa shape index (κ2) is 7.93. The first kappa shape index (κ1) is 22.6. The van der Waals surface area contributed by atoms with Gasteiger partial charge in [-0.1, -0.05) is 11.6 Å². The van der Waals surface area contributed by atoms with Crippen LogP contribution in [-0.4, -0.2) is 49.6 Å². The number of hydrogen-bond acceptors (Lipinski definition) is 6. The Morgan fingerprint density at radius 3 is 2.78 bits per heavy atom. The highest BCUT2D eigenvalue weighted by Gasteiger charge is 2.65. The Kier molecular flexibility index (Phi) is 4.84. The fraction of sp³-hybridized carbons (Fsp3) is 0.308. The molecule has 0 radical (unpaired) electrons. The number of benzene rings is 2. The molecule has 0 amide bonds. The molecule has 37 heavy (non-hydrogen) atoms. The van der Waals surface area contributed by atoms with Crippen molar-refractivity contribution in [3.8, 4) is 11.3 Å². The third-order valence-electron chi connectivity index (χ3n) is 8.15. The summed E-state index contributed by atoms with van der Waals surface area (Å²) in [5.41, 5.74) is 9.83. The van der Waals surface area contributed by atoms with E-state index < -0.39 is 17.0 Å². The van der Waals surface area contributed by atoms with Crippen LogP contribution in [0.25, 0.3) is 33.3 Å². The van der Waals surface area contributed by atoms with Crippen LogP contribution in [0, 0.1) is 23.5 Å². The second-order valence-electron chi connectivity index (χ2n) is 10.0. The summed E-state index contributed by atoms with van der Waals surface area (Å²) in [6.45, 7) is 1.77. The molecule has 3 atom stereocenters. The van der Waals surface area contributed by atoms with Crippen molar-refractivity contribution < 1.29 is 8.78 Å². The fourth-order valence-corrected chi connectivity index (χ4v) is 6.66. The van der Waals surface area contributed by atoms with Crippen molar-refractivity contribution in [2.24, 2.45) is 24.6 Å². The van der Waals surface area contributed by atoms with Gasteiger partial charge >= 0.3 is 0 Å². The highest BCUT2D eigenvalue weighted by atomic mass is 35.5. The average molecular weight is 521 g/mol. The maximum absolute atomic E-state index is 14.0. The van der Waals surface area contributed by atoms with Gasteiger partial charge in [-0.25, -0.2) is 18.7 Å². The first-order valence-corrected chi connectivity index (χ1v) is 12.5. The molecule has 2 aliphatic rings. The number of H-pyrrole nitrogens is 1. The fourth-order valence-electron chi connectivity index (χ4n) is 6.35. The standard InChI is InChI=1S/C26H23ClF2N8/c1-36-10-17-20(35-36)3-2-16(22(17)27)23-24-25(34-33-23)32-21(9-31-24)37-5-4-18-19(11-37)26(18,12-30)13-6-14(28)8-15(29)7-13/h2-3,6-10,18-19H,4-5,11-12,30H2,1H3,(H,32,33,34)/t18-,19+,26+/m1/s1. The number of rotatable bonds is 4. The van der Waals surface area contributed by atoms with E-state index >= 15 is 0 Å². The largest absolute Gasteiger partial charge is 0.355 e. The van der Waals surface area contributed by atoms with Gasteiger partial charge in [0.2, 0.25) is 5.65 Å². The van der Waals surface area contributed by atoms with Crippen LogP contribution in [-0.2, 0) is 12.5 Å². The molecule has 3 aromatic heterocycles. The smallest absolute Gasteiger partial charge is 0.202 e. The maximum atomic E-state index is 14.0. The van der Waals surface area contributed by atoms with Crippen molar-refractivity contribution in [3.63, 3.8) is 0 Å². The molecule has 0 spiro atoms. The topological polar surface area (TPSA) is 102 Å². The molecule has 1 saturated heterocycles. The van der Waals surface area contributed by atoms with Gasteiger partial charge in [-0.05, 0) is 48.1 Å². The van der Waals surface area contributed by atoms with Gasteiger partial charge in [-0.3, -0.25) is 9.78 Å². The lowest BCUT2D eigenvalue weighted by molar-refractivity contribution is 0.543. The first-order valence-electron chi connectivity index (χ1n) is 12.1. The van der Waals surface area contributed by atoms with Crippen LogP contribution in [0.1, 0.15) is 12.0 Å². The van der Waals surface area contributed by atoms with Gasteiger partial charge in [-0.2, -0.15) is 10.2 Å². The summed E-state index contributed by atoms with van der Waals surface area (Å²) in [6, 6.07) is 7.56. The molecule has 1 aliphatic carbocycles. The minimum Gasteiger partial charge on any atom is -0.355 e. The van der Waals surface area contributed by atoms with Crippen LogP contribution in [0.5, 0.6) is 0 Å². The average Bonchev–Trinajstić information content (AvgIpc) is 3.11. The molecule has 11 heteroatoms. The lowest BCUT2D eigenvalue weighted by atomic mass is 9.91. The second-order valence-corrected chi connectivity index (χ2v) is 10.4. The predicted octanol–water partition coefficient (Wildman–Crippen LogP) is 4.19. The van der Waals surface area contributed by atoms with Gasteiger partial charge in [0.1, 0.15) is 23.0 Å². The summed E-state index contributed by atoms with van der Waals surface area (Å²) in [5.74, 6) is 0.0347. The monoisotopic (exact) mass is 520 g/mol. The van der Waals surface area contributed by atoms with Crippen LogP contribution in [0.3, 0.4) is 0 Å². The Hall–Kier alpha value is -3.63. The summed E-state index contributed by atoms with van der Waals surface area (Å²) >= 11 is 6.72. The lowest BCUT2D eigenvalue weighted by Gasteiger charge is -2.26. The molecular weight excluding hydrogens is 498 g/mol. The van der Waals surface area contributed by atoms with Gasteiger partial charge in [-0.15, -0.1) is 0 Å². The number of hydrogen-bond donors (Lipinski definition) is 2. The molecule has 3 N–H and O–H groups in total. The van der Waals surface area contributed by atoms with Crippen molar-refractivity contribution in [1.29, 1.82) is 0 Å². The summed E-state index contributed by atoms with van der Waals surface area (Å²) in [7, 11) is 1.85. The van der Waals surface area contributed by atoms with Gasteiger partial charge in [0, 0.05) is 55.3 Å². The Morgan fingerprint density at radius 1 is 1.19 bits per heavy atom. The third-order valence-corrected chi connectivity index (χ3v) is 8.56. The molecule has 5 aromatic rings. The predicted molar refractivity (Wildman–Crippen MR) is 137 cm³/mol. The molecule has 0 unspecified atom stereocenters. The number of aryl methyl sites for hydroxylation is 1. The Balaban J connectivity index is 1.19. The van der Waals surface area contributed by atoms with E-state index in [-0.39, 0.29) is 11.8 Å². The van der Waals surface area contributed by atoms with Crippen LogP contribution >= 0.6 is 11.6 Å². The van der Waals surface area contributed by atoms with E-state index in [1.165, 1.54) is 12.1 Å². The Labute approximate surface area is 215 Å². The minimum atomic E-state index is -0.572. The number of nitrogens with two attached hydrogens (primary N) is 1. The van der Waals surface area contributed by atoms with E-state index in [0.717, 1.165) is 35.5 Å². The van der Waals surface area contributed by atoms with Gasteiger partial charge < -0.3 is 10.6 Å². The van der Waals surface area contributed by atoms with E-state index in [1.807, 2.05) is 25.4 Å². The van der Waals surface area contributed by atoms with Crippen LogP contribution in [0.2, 0.25) is 5.02 Å². The van der Waals surface area contributed by atoms with Crippen molar-refractivity contribution >= 4 is 39.5 Å². The molecule has 2 fully saturated rings. The molecule has 8 nitrogen and oxygen atoms in total. The molecule has 1 aliphatic heterocycles. The SMILES string of the molecule is Cn1cc2c(Cl)c(-c3[nH]nc4nc(N5CC[C@@H]6[C@H](C5)[C@@]6(CN)c5cc(F)cc(F)c5)cnc34)ccc2n1. The summed E-state index contributed by atoms with van der Waals surface area (Å²) in [6.07, 6.45) is 4.48. The van der Waals surface area contributed by atoms with Gasteiger partial charge in [0.15, 0.2) is 0 Å². The van der Waals surface area contributed by atoms with E-state index in [9.17, 15) is 8.78 Å². The molecular formula is C26H23ClF2N8. The third kappa shape index (κ3) is 3.28. The van der Waals surface area contributed by atoms with Crippen molar-refractivity contribution in [2.45, 2.75) is 11.8 Å². The molecule has 7 rings (SSSR count). The van der Waals surface area contributed by atoms with Crippen molar-refractivity contribution in [1.82, 2.24) is 29.9 Å². The Bertz CT molecular complexity index is 1680. The van der Waals surface area contributed by atoms with E-state index in [0.29, 0.717) is 46.4 Å². The molecule has 1 saturated carbocycles. The van der Waals surface area contributed by atoms with Crippen molar-refractivity contribution in [2.75, 3.05) is 24.5 Å². The molecule has 0 bridgehead atoms. The first-order chi connectivity index (χ1) is 17.9. The number of aromatic nitrogens is 6.